The zero-order valence-corrected chi connectivity index (χ0v) is 14.6. The Morgan fingerprint density at radius 2 is 1.54 bits per heavy atom. The summed E-state index contributed by atoms with van der Waals surface area (Å²) in [4.78, 5) is 16.0. The molecule has 0 aliphatic carbocycles. The van der Waals surface area contributed by atoms with Crippen LogP contribution < -0.4 is 10.2 Å². The van der Waals surface area contributed by atoms with E-state index in [1.807, 2.05) is 12.1 Å². The number of carbonyl (C=O) groups excluding carboxylic acids is 1. The number of halogens is 1. The standard InChI is InChI=1S/C18H17FN2OS2/c19-14-5-7-15(8-6-14)20-18(22)13-21(11-16-3-1-9-23-16)12-17-4-2-10-24-17/h1-10H,11-13H2,(H,20,22)/p+1. The molecule has 0 spiro atoms. The molecule has 0 aliphatic rings. The monoisotopic (exact) mass is 361 g/mol. The predicted molar refractivity (Wildman–Crippen MR) is 96.9 cm³/mol. The molecule has 24 heavy (non-hydrogen) atoms. The van der Waals surface area contributed by atoms with E-state index in [0.717, 1.165) is 13.1 Å². The molecule has 1 amide bonds. The van der Waals surface area contributed by atoms with Crippen molar-refractivity contribution in [3.63, 3.8) is 0 Å². The van der Waals surface area contributed by atoms with Crippen LogP contribution in [0, 0.1) is 5.82 Å². The zero-order valence-electron chi connectivity index (χ0n) is 13.0. The Kier molecular flexibility index (Phi) is 5.74. The van der Waals surface area contributed by atoms with Crippen molar-refractivity contribution in [1.29, 1.82) is 0 Å². The maximum absolute atomic E-state index is 12.9. The number of benzene rings is 1. The van der Waals surface area contributed by atoms with E-state index in [9.17, 15) is 9.18 Å². The Morgan fingerprint density at radius 3 is 2.04 bits per heavy atom. The van der Waals surface area contributed by atoms with Crippen molar-refractivity contribution in [2.24, 2.45) is 0 Å². The SMILES string of the molecule is O=C(C[NH+](Cc1cccs1)Cc1cccs1)Nc1ccc(F)cc1. The highest BCUT2D eigenvalue weighted by molar-refractivity contribution is 7.10. The number of amides is 1. The van der Waals surface area contributed by atoms with Crippen LogP contribution in [0.25, 0.3) is 0 Å². The van der Waals surface area contributed by atoms with Gasteiger partial charge in [0.1, 0.15) is 18.9 Å². The minimum Gasteiger partial charge on any atom is -0.321 e. The summed E-state index contributed by atoms with van der Waals surface area (Å²) < 4.78 is 12.9. The van der Waals surface area contributed by atoms with Crippen LogP contribution >= 0.6 is 22.7 Å². The molecule has 0 unspecified atom stereocenters. The van der Waals surface area contributed by atoms with Gasteiger partial charge in [0.15, 0.2) is 6.54 Å². The van der Waals surface area contributed by atoms with Gasteiger partial charge in [0.05, 0.1) is 9.75 Å². The van der Waals surface area contributed by atoms with E-state index >= 15 is 0 Å². The fourth-order valence-electron chi connectivity index (χ4n) is 2.47. The second-order valence-corrected chi connectivity index (χ2v) is 7.56. The van der Waals surface area contributed by atoms with Gasteiger partial charge in [0, 0.05) is 5.69 Å². The highest BCUT2D eigenvalue weighted by atomic mass is 32.1. The van der Waals surface area contributed by atoms with Crippen molar-refractivity contribution < 1.29 is 14.1 Å². The van der Waals surface area contributed by atoms with Gasteiger partial charge in [-0.25, -0.2) is 4.39 Å². The average molecular weight is 361 g/mol. The molecule has 0 saturated carbocycles. The molecule has 0 bridgehead atoms. The maximum atomic E-state index is 12.9. The quantitative estimate of drug-likeness (QED) is 0.666. The molecule has 0 fully saturated rings. The lowest BCUT2D eigenvalue weighted by Crippen LogP contribution is -3.10. The van der Waals surface area contributed by atoms with Crippen LogP contribution in [0.2, 0.25) is 0 Å². The lowest BCUT2D eigenvalue weighted by atomic mass is 10.3. The first kappa shape index (κ1) is 16.8. The van der Waals surface area contributed by atoms with Crippen LogP contribution in [0.1, 0.15) is 9.75 Å². The van der Waals surface area contributed by atoms with Gasteiger partial charge in [0.25, 0.3) is 5.91 Å². The third-order valence-electron chi connectivity index (χ3n) is 3.55. The molecule has 0 saturated heterocycles. The van der Waals surface area contributed by atoms with Crippen LogP contribution in [-0.4, -0.2) is 12.5 Å². The van der Waals surface area contributed by atoms with Crippen LogP contribution in [0.4, 0.5) is 10.1 Å². The summed E-state index contributed by atoms with van der Waals surface area (Å²) in [5.41, 5.74) is 0.619. The minimum absolute atomic E-state index is 0.0651. The molecule has 3 nitrogen and oxygen atoms in total. The molecule has 6 heteroatoms. The third kappa shape index (κ3) is 4.99. The van der Waals surface area contributed by atoms with E-state index in [1.165, 1.54) is 26.8 Å². The van der Waals surface area contributed by atoms with E-state index in [-0.39, 0.29) is 11.7 Å². The lowest BCUT2D eigenvalue weighted by molar-refractivity contribution is -0.918. The molecule has 2 aromatic heterocycles. The van der Waals surface area contributed by atoms with Crippen molar-refractivity contribution in [3.8, 4) is 0 Å². The normalized spacial score (nSPS) is 10.9. The molecule has 2 heterocycles. The van der Waals surface area contributed by atoms with Crippen molar-refractivity contribution in [3.05, 3.63) is 74.9 Å². The summed E-state index contributed by atoms with van der Waals surface area (Å²) in [6, 6.07) is 14.1. The van der Waals surface area contributed by atoms with Gasteiger partial charge < -0.3 is 10.2 Å². The number of anilines is 1. The molecule has 3 rings (SSSR count). The Morgan fingerprint density at radius 1 is 0.958 bits per heavy atom. The fraction of sp³-hybridized carbons (Fsp3) is 0.167. The fourth-order valence-corrected chi connectivity index (χ4v) is 4.03. The summed E-state index contributed by atoms with van der Waals surface area (Å²) in [5.74, 6) is -0.375. The van der Waals surface area contributed by atoms with E-state index < -0.39 is 0 Å². The molecule has 0 atom stereocenters. The number of hydrogen-bond donors (Lipinski definition) is 2. The second-order valence-electron chi connectivity index (χ2n) is 5.49. The number of nitrogens with one attached hydrogen (secondary N) is 2. The Hall–Kier alpha value is -2.02. The molecular weight excluding hydrogens is 343 g/mol. The maximum Gasteiger partial charge on any atom is 0.279 e. The van der Waals surface area contributed by atoms with Crippen LogP contribution in [0.5, 0.6) is 0 Å². The van der Waals surface area contributed by atoms with Crippen molar-refractivity contribution >= 4 is 34.3 Å². The van der Waals surface area contributed by atoms with Gasteiger partial charge in [-0.3, -0.25) is 4.79 Å². The number of quaternary nitrogens is 1. The average Bonchev–Trinajstić information content (AvgIpc) is 3.23. The number of hydrogen-bond acceptors (Lipinski definition) is 3. The highest BCUT2D eigenvalue weighted by Gasteiger charge is 2.17. The van der Waals surface area contributed by atoms with Gasteiger partial charge in [-0.2, -0.15) is 0 Å². The molecule has 2 N–H and O–H groups in total. The number of carbonyl (C=O) groups is 1. The molecule has 124 valence electrons. The van der Waals surface area contributed by atoms with Gasteiger partial charge in [-0.1, -0.05) is 12.1 Å². The molecular formula is C18H18FN2OS2+. The third-order valence-corrected chi connectivity index (χ3v) is 5.30. The zero-order chi connectivity index (χ0) is 16.8. The Labute approximate surface area is 148 Å². The van der Waals surface area contributed by atoms with Crippen molar-refractivity contribution in [2.45, 2.75) is 13.1 Å². The van der Waals surface area contributed by atoms with Crippen molar-refractivity contribution in [2.75, 3.05) is 11.9 Å². The molecule has 0 radical (unpaired) electrons. The summed E-state index contributed by atoms with van der Waals surface area (Å²) in [7, 11) is 0. The molecule has 1 aromatic carbocycles. The predicted octanol–water partition coefficient (Wildman–Crippen LogP) is 3.17. The topological polar surface area (TPSA) is 33.5 Å². The molecule has 3 aromatic rings. The first-order chi connectivity index (χ1) is 11.7. The van der Waals surface area contributed by atoms with Crippen LogP contribution in [0.3, 0.4) is 0 Å². The molecule has 0 aliphatic heterocycles. The second kappa shape index (κ2) is 8.19. The van der Waals surface area contributed by atoms with Crippen LogP contribution in [0.15, 0.2) is 59.3 Å². The summed E-state index contributed by atoms with van der Waals surface area (Å²) in [6.07, 6.45) is 0. The van der Waals surface area contributed by atoms with Gasteiger partial charge >= 0.3 is 0 Å². The van der Waals surface area contributed by atoms with Crippen molar-refractivity contribution in [1.82, 2.24) is 0 Å². The van der Waals surface area contributed by atoms with Crippen LogP contribution in [-0.2, 0) is 17.9 Å². The van der Waals surface area contributed by atoms with Gasteiger partial charge in [-0.05, 0) is 47.2 Å². The summed E-state index contributed by atoms with van der Waals surface area (Å²) in [5, 5.41) is 6.94. The minimum atomic E-state index is -0.310. The van der Waals surface area contributed by atoms with E-state index in [1.54, 1.807) is 34.8 Å². The summed E-state index contributed by atoms with van der Waals surface area (Å²) in [6.45, 7) is 1.99. The Balaban J connectivity index is 1.63. The number of rotatable bonds is 7. The highest BCUT2D eigenvalue weighted by Crippen LogP contribution is 2.10. The van der Waals surface area contributed by atoms with E-state index in [2.05, 4.69) is 28.2 Å². The number of thiophene rings is 2. The largest absolute Gasteiger partial charge is 0.321 e. The van der Waals surface area contributed by atoms with E-state index in [4.69, 9.17) is 0 Å². The lowest BCUT2D eigenvalue weighted by Gasteiger charge is -2.18. The first-order valence-corrected chi connectivity index (χ1v) is 9.39. The van der Waals surface area contributed by atoms with Gasteiger partial charge in [-0.15, -0.1) is 22.7 Å². The van der Waals surface area contributed by atoms with E-state index in [0.29, 0.717) is 12.2 Å². The first-order valence-electron chi connectivity index (χ1n) is 7.63. The Bertz CT molecular complexity index is 719. The van der Waals surface area contributed by atoms with Gasteiger partial charge in [0.2, 0.25) is 0 Å². The smallest absolute Gasteiger partial charge is 0.279 e. The summed E-state index contributed by atoms with van der Waals surface area (Å²) >= 11 is 3.41.